The van der Waals surface area contributed by atoms with Gasteiger partial charge in [0.15, 0.2) is 0 Å². The predicted molar refractivity (Wildman–Crippen MR) is 77.6 cm³/mol. The van der Waals surface area contributed by atoms with Crippen molar-refractivity contribution in [2.24, 2.45) is 5.41 Å². The fourth-order valence-electron chi connectivity index (χ4n) is 2.86. The Labute approximate surface area is 120 Å². The molecule has 1 heterocycles. The SMILES string of the molecule is Cc1ccccc1CN(C)CC1(C(=O)O)CCCOC1. The molecule has 0 saturated carbocycles. The average Bonchev–Trinajstić information content (AvgIpc) is 2.42. The highest BCUT2D eigenvalue weighted by Crippen LogP contribution is 2.30. The maximum atomic E-state index is 11.6. The normalized spacial score (nSPS) is 22.9. The second kappa shape index (κ2) is 6.37. The molecule has 4 heteroatoms. The molecule has 1 aliphatic heterocycles. The highest BCUT2D eigenvalue weighted by molar-refractivity contribution is 5.75. The van der Waals surface area contributed by atoms with E-state index >= 15 is 0 Å². The van der Waals surface area contributed by atoms with Gasteiger partial charge in [0.1, 0.15) is 5.41 Å². The third-order valence-electron chi connectivity index (χ3n) is 4.05. The van der Waals surface area contributed by atoms with Crippen molar-refractivity contribution in [1.82, 2.24) is 4.90 Å². The molecule has 0 amide bonds. The van der Waals surface area contributed by atoms with E-state index in [0.29, 0.717) is 26.2 Å². The number of aliphatic carboxylic acids is 1. The summed E-state index contributed by atoms with van der Waals surface area (Å²) < 4.78 is 5.41. The van der Waals surface area contributed by atoms with E-state index in [0.717, 1.165) is 13.0 Å². The van der Waals surface area contributed by atoms with Crippen molar-refractivity contribution in [3.8, 4) is 0 Å². The lowest BCUT2D eigenvalue weighted by atomic mass is 9.82. The number of carboxylic acid groups (broad SMARTS) is 1. The first-order valence-corrected chi connectivity index (χ1v) is 7.08. The molecular weight excluding hydrogens is 254 g/mol. The van der Waals surface area contributed by atoms with Crippen LogP contribution in [0.1, 0.15) is 24.0 Å². The lowest BCUT2D eigenvalue weighted by molar-refractivity contribution is -0.159. The molecule has 1 aromatic rings. The number of benzene rings is 1. The van der Waals surface area contributed by atoms with E-state index in [2.05, 4.69) is 24.0 Å². The molecular formula is C16H23NO3. The van der Waals surface area contributed by atoms with Crippen LogP contribution in [-0.2, 0) is 16.1 Å². The first-order chi connectivity index (χ1) is 9.53. The molecule has 0 radical (unpaired) electrons. The Bertz CT molecular complexity index is 467. The highest BCUT2D eigenvalue weighted by Gasteiger charge is 2.41. The van der Waals surface area contributed by atoms with Crippen LogP contribution >= 0.6 is 0 Å². The topological polar surface area (TPSA) is 49.8 Å². The monoisotopic (exact) mass is 277 g/mol. The van der Waals surface area contributed by atoms with E-state index in [4.69, 9.17) is 4.74 Å². The van der Waals surface area contributed by atoms with Gasteiger partial charge in [-0.15, -0.1) is 0 Å². The largest absolute Gasteiger partial charge is 0.481 e. The second-order valence-electron chi connectivity index (χ2n) is 5.84. The molecule has 1 atom stereocenters. The summed E-state index contributed by atoms with van der Waals surface area (Å²) in [6.45, 7) is 4.37. The zero-order chi connectivity index (χ0) is 14.6. The van der Waals surface area contributed by atoms with E-state index in [1.807, 2.05) is 19.2 Å². The summed E-state index contributed by atoms with van der Waals surface area (Å²) in [6.07, 6.45) is 1.52. The quantitative estimate of drug-likeness (QED) is 0.897. The summed E-state index contributed by atoms with van der Waals surface area (Å²) >= 11 is 0. The zero-order valence-corrected chi connectivity index (χ0v) is 12.3. The highest BCUT2D eigenvalue weighted by atomic mass is 16.5. The number of nitrogens with zero attached hydrogens (tertiary/aromatic N) is 1. The molecule has 0 aromatic heterocycles. The molecule has 1 fully saturated rings. The minimum Gasteiger partial charge on any atom is -0.481 e. The maximum absolute atomic E-state index is 11.6. The summed E-state index contributed by atoms with van der Waals surface area (Å²) in [4.78, 5) is 13.7. The summed E-state index contributed by atoms with van der Waals surface area (Å²) in [5, 5.41) is 9.55. The summed E-state index contributed by atoms with van der Waals surface area (Å²) in [6, 6.07) is 8.22. The molecule has 2 rings (SSSR count). The van der Waals surface area contributed by atoms with Crippen molar-refractivity contribution in [2.75, 3.05) is 26.8 Å². The number of rotatable bonds is 5. The molecule has 1 unspecified atom stereocenters. The van der Waals surface area contributed by atoms with Crippen LogP contribution in [0.3, 0.4) is 0 Å². The lowest BCUT2D eigenvalue weighted by Crippen LogP contribution is -2.47. The van der Waals surface area contributed by atoms with E-state index in [-0.39, 0.29) is 0 Å². The van der Waals surface area contributed by atoms with Gasteiger partial charge in [0.25, 0.3) is 0 Å². The van der Waals surface area contributed by atoms with Gasteiger partial charge in [-0.1, -0.05) is 24.3 Å². The average molecular weight is 277 g/mol. The number of ether oxygens (including phenoxy) is 1. The van der Waals surface area contributed by atoms with Crippen molar-refractivity contribution in [1.29, 1.82) is 0 Å². The first kappa shape index (κ1) is 15.0. The molecule has 1 aliphatic rings. The van der Waals surface area contributed by atoms with Crippen LogP contribution in [0, 0.1) is 12.3 Å². The Morgan fingerprint density at radius 2 is 2.20 bits per heavy atom. The van der Waals surface area contributed by atoms with Crippen LogP contribution in [0.2, 0.25) is 0 Å². The van der Waals surface area contributed by atoms with Gasteiger partial charge in [0.2, 0.25) is 0 Å². The summed E-state index contributed by atoms with van der Waals surface area (Å²) in [7, 11) is 1.98. The Morgan fingerprint density at radius 1 is 1.45 bits per heavy atom. The van der Waals surface area contributed by atoms with Gasteiger partial charge in [0, 0.05) is 19.7 Å². The van der Waals surface area contributed by atoms with Crippen LogP contribution in [0.4, 0.5) is 0 Å². The molecule has 110 valence electrons. The Balaban J connectivity index is 2.04. The van der Waals surface area contributed by atoms with Gasteiger partial charge < -0.3 is 14.7 Å². The van der Waals surface area contributed by atoms with Crippen molar-refractivity contribution in [2.45, 2.75) is 26.3 Å². The number of hydrogen-bond donors (Lipinski definition) is 1. The Kier molecular flexibility index (Phi) is 4.78. The molecule has 0 bridgehead atoms. The van der Waals surface area contributed by atoms with Crippen molar-refractivity contribution in [3.05, 3.63) is 35.4 Å². The maximum Gasteiger partial charge on any atom is 0.313 e. The molecule has 1 N–H and O–H groups in total. The lowest BCUT2D eigenvalue weighted by Gasteiger charge is -2.36. The van der Waals surface area contributed by atoms with Gasteiger partial charge in [-0.05, 0) is 37.9 Å². The van der Waals surface area contributed by atoms with E-state index in [9.17, 15) is 9.90 Å². The number of carbonyl (C=O) groups is 1. The van der Waals surface area contributed by atoms with Gasteiger partial charge in [-0.2, -0.15) is 0 Å². The van der Waals surface area contributed by atoms with Crippen LogP contribution in [0.5, 0.6) is 0 Å². The van der Waals surface area contributed by atoms with Gasteiger partial charge in [0.05, 0.1) is 6.61 Å². The van der Waals surface area contributed by atoms with Gasteiger partial charge >= 0.3 is 5.97 Å². The zero-order valence-electron chi connectivity index (χ0n) is 12.3. The van der Waals surface area contributed by atoms with Gasteiger partial charge in [-0.3, -0.25) is 4.79 Å². The third kappa shape index (κ3) is 3.38. The minimum atomic E-state index is -0.754. The summed E-state index contributed by atoms with van der Waals surface area (Å²) in [5.74, 6) is -0.742. The van der Waals surface area contributed by atoms with Crippen molar-refractivity contribution < 1.29 is 14.6 Å². The minimum absolute atomic E-state index is 0.320. The van der Waals surface area contributed by atoms with Crippen LogP contribution in [-0.4, -0.2) is 42.8 Å². The second-order valence-corrected chi connectivity index (χ2v) is 5.84. The molecule has 20 heavy (non-hydrogen) atoms. The number of aryl methyl sites for hydroxylation is 1. The van der Waals surface area contributed by atoms with Gasteiger partial charge in [-0.25, -0.2) is 0 Å². The van der Waals surface area contributed by atoms with Crippen LogP contribution in [0.15, 0.2) is 24.3 Å². The smallest absolute Gasteiger partial charge is 0.313 e. The fourth-order valence-corrected chi connectivity index (χ4v) is 2.86. The van der Waals surface area contributed by atoms with E-state index < -0.39 is 11.4 Å². The molecule has 1 aromatic carbocycles. The Morgan fingerprint density at radius 3 is 2.80 bits per heavy atom. The Hall–Kier alpha value is -1.39. The van der Waals surface area contributed by atoms with E-state index in [1.165, 1.54) is 11.1 Å². The van der Waals surface area contributed by atoms with Crippen molar-refractivity contribution in [3.63, 3.8) is 0 Å². The molecule has 4 nitrogen and oxygen atoms in total. The fraction of sp³-hybridized carbons (Fsp3) is 0.562. The van der Waals surface area contributed by atoms with Crippen LogP contribution < -0.4 is 0 Å². The number of carboxylic acids is 1. The van der Waals surface area contributed by atoms with Crippen molar-refractivity contribution >= 4 is 5.97 Å². The predicted octanol–water partition coefficient (Wildman–Crippen LogP) is 2.31. The molecule has 1 saturated heterocycles. The standard InChI is InChI=1S/C16H23NO3/c1-13-6-3-4-7-14(13)10-17(2)11-16(15(18)19)8-5-9-20-12-16/h3-4,6-7H,5,8-12H2,1-2H3,(H,18,19). The molecule has 0 spiro atoms. The third-order valence-corrected chi connectivity index (χ3v) is 4.05. The summed E-state index contributed by atoms with van der Waals surface area (Å²) in [5.41, 5.74) is 1.73. The number of hydrogen-bond acceptors (Lipinski definition) is 3. The molecule has 0 aliphatic carbocycles. The van der Waals surface area contributed by atoms with E-state index in [1.54, 1.807) is 0 Å². The first-order valence-electron chi connectivity index (χ1n) is 7.08. The van der Waals surface area contributed by atoms with Crippen LogP contribution in [0.25, 0.3) is 0 Å².